The van der Waals surface area contributed by atoms with Gasteiger partial charge < -0.3 is 13.9 Å². The largest absolute Gasteiger partial charge is 0.408 e. The van der Waals surface area contributed by atoms with E-state index in [1.165, 1.54) is 37.7 Å². The number of hydrogen-bond acceptors (Lipinski definition) is 3. The minimum atomic E-state index is -1.84. The highest BCUT2D eigenvalue weighted by Crippen LogP contribution is 2.39. The quantitative estimate of drug-likeness (QED) is 0.477. The van der Waals surface area contributed by atoms with E-state index < -0.39 is 8.32 Å². The van der Waals surface area contributed by atoms with Gasteiger partial charge >= 0.3 is 0 Å². The molecule has 0 radical (unpaired) electrons. The number of allylic oxidation sites excluding steroid dienone is 1. The van der Waals surface area contributed by atoms with Crippen LogP contribution in [0.5, 0.6) is 0 Å². The third-order valence-electron chi connectivity index (χ3n) is 5.54. The first-order valence-corrected chi connectivity index (χ1v) is 12.5. The van der Waals surface area contributed by atoms with Gasteiger partial charge in [-0.1, -0.05) is 44.9 Å². The molecule has 3 atom stereocenters. The van der Waals surface area contributed by atoms with E-state index in [4.69, 9.17) is 13.9 Å². The molecule has 0 saturated heterocycles. The van der Waals surface area contributed by atoms with Crippen LogP contribution >= 0.6 is 0 Å². The lowest BCUT2D eigenvalue weighted by atomic mass is 9.93. The van der Waals surface area contributed by atoms with Crippen LogP contribution in [-0.4, -0.2) is 33.4 Å². The molecule has 0 spiro atoms. The maximum absolute atomic E-state index is 6.65. The smallest absolute Gasteiger partial charge is 0.193 e. The van der Waals surface area contributed by atoms with E-state index in [1.54, 1.807) is 0 Å². The molecule has 0 aromatic rings. The van der Waals surface area contributed by atoms with Gasteiger partial charge in [0, 0.05) is 6.61 Å². The SMILES string of the molecule is CCO[C@@H]1C=C[C@H](O[Si](C)(C)C(C)(C)C)[C@@H](C=C2CCCCC2)O1. The summed E-state index contributed by atoms with van der Waals surface area (Å²) in [5, 5.41) is 0.195. The molecule has 0 unspecified atom stereocenters. The molecule has 0 amide bonds. The van der Waals surface area contributed by atoms with Gasteiger partial charge in [0.2, 0.25) is 0 Å². The third kappa shape index (κ3) is 5.28. The number of hydrogen-bond donors (Lipinski definition) is 0. The molecule has 0 aromatic heterocycles. The Labute approximate surface area is 149 Å². The Morgan fingerprint density at radius 2 is 1.83 bits per heavy atom. The molecule has 1 saturated carbocycles. The maximum Gasteiger partial charge on any atom is 0.193 e. The van der Waals surface area contributed by atoms with Crippen molar-refractivity contribution >= 4 is 8.32 Å². The van der Waals surface area contributed by atoms with E-state index in [0.29, 0.717) is 6.61 Å². The molecule has 3 nitrogen and oxygen atoms in total. The average molecular weight is 353 g/mol. The normalized spacial score (nSPS) is 28.9. The molecule has 1 aliphatic carbocycles. The van der Waals surface area contributed by atoms with Gasteiger partial charge in [-0.15, -0.1) is 0 Å². The molecule has 1 heterocycles. The summed E-state index contributed by atoms with van der Waals surface area (Å²) in [6.07, 6.45) is 12.6. The Bertz CT molecular complexity index is 454. The van der Waals surface area contributed by atoms with Crippen molar-refractivity contribution in [1.82, 2.24) is 0 Å². The van der Waals surface area contributed by atoms with Crippen molar-refractivity contribution in [2.24, 2.45) is 0 Å². The topological polar surface area (TPSA) is 27.7 Å². The summed E-state index contributed by atoms with van der Waals surface area (Å²) in [5.74, 6) is 0. The predicted octanol–water partition coefficient (Wildman–Crippen LogP) is 5.58. The lowest BCUT2D eigenvalue weighted by Gasteiger charge is -2.41. The Morgan fingerprint density at radius 1 is 1.17 bits per heavy atom. The van der Waals surface area contributed by atoms with E-state index in [9.17, 15) is 0 Å². The van der Waals surface area contributed by atoms with Gasteiger partial charge in [0.15, 0.2) is 14.6 Å². The molecule has 0 bridgehead atoms. The van der Waals surface area contributed by atoms with Crippen LogP contribution in [0.2, 0.25) is 18.1 Å². The Hall–Kier alpha value is -0.423. The van der Waals surface area contributed by atoms with Crippen LogP contribution in [0.4, 0.5) is 0 Å². The molecule has 0 N–H and O–H groups in total. The average Bonchev–Trinajstić information content (AvgIpc) is 2.50. The first-order chi connectivity index (χ1) is 11.2. The van der Waals surface area contributed by atoms with Crippen molar-refractivity contribution in [3.63, 3.8) is 0 Å². The van der Waals surface area contributed by atoms with Crippen LogP contribution in [0.3, 0.4) is 0 Å². The van der Waals surface area contributed by atoms with Gasteiger partial charge in [-0.2, -0.15) is 0 Å². The summed E-state index contributed by atoms with van der Waals surface area (Å²) in [5.41, 5.74) is 1.53. The van der Waals surface area contributed by atoms with Crippen LogP contribution in [0.15, 0.2) is 23.8 Å². The Balaban J connectivity index is 2.16. The fourth-order valence-corrected chi connectivity index (χ4v) is 4.26. The molecule has 4 heteroatoms. The van der Waals surface area contributed by atoms with Crippen molar-refractivity contribution in [2.45, 2.75) is 96.4 Å². The summed E-state index contributed by atoms with van der Waals surface area (Å²) in [4.78, 5) is 0. The van der Waals surface area contributed by atoms with Gasteiger partial charge in [0.1, 0.15) is 6.10 Å². The van der Waals surface area contributed by atoms with E-state index >= 15 is 0 Å². The van der Waals surface area contributed by atoms with Crippen molar-refractivity contribution in [2.75, 3.05) is 6.61 Å². The van der Waals surface area contributed by atoms with Gasteiger partial charge in [-0.25, -0.2) is 0 Å². The number of rotatable bonds is 5. The second-order valence-corrected chi connectivity index (χ2v) is 13.3. The summed E-state index contributed by atoms with van der Waals surface area (Å²) >= 11 is 0. The third-order valence-corrected chi connectivity index (χ3v) is 10.0. The van der Waals surface area contributed by atoms with E-state index in [-0.39, 0.29) is 23.5 Å². The van der Waals surface area contributed by atoms with Crippen LogP contribution in [0.25, 0.3) is 0 Å². The maximum atomic E-state index is 6.65. The Kier molecular flexibility index (Phi) is 6.88. The van der Waals surface area contributed by atoms with Crippen LogP contribution in [-0.2, 0) is 13.9 Å². The van der Waals surface area contributed by atoms with Crippen LogP contribution < -0.4 is 0 Å². The highest BCUT2D eigenvalue weighted by molar-refractivity contribution is 6.74. The van der Waals surface area contributed by atoms with Crippen LogP contribution in [0, 0.1) is 0 Å². The first kappa shape index (κ1) is 19.9. The number of ether oxygens (including phenoxy) is 2. The predicted molar refractivity (Wildman–Crippen MR) is 103 cm³/mol. The molecule has 1 aliphatic heterocycles. The van der Waals surface area contributed by atoms with Crippen LogP contribution in [0.1, 0.15) is 59.8 Å². The van der Waals surface area contributed by atoms with Gasteiger partial charge in [-0.3, -0.25) is 0 Å². The second kappa shape index (κ2) is 8.30. The molecule has 1 fully saturated rings. The minimum Gasteiger partial charge on any atom is -0.408 e. The monoisotopic (exact) mass is 352 g/mol. The molecular formula is C20H36O3Si. The summed E-state index contributed by atoms with van der Waals surface area (Å²) in [7, 11) is -1.84. The molecule has 2 aliphatic rings. The fraction of sp³-hybridized carbons (Fsp3) is 0.800. The van der Waals surface area contributed by atoms with Crippen molar-refractivity contribution in [3.05, 3.63) is 23.8 Å². The molecule has 24 heavy (non-hydrogen) atoms. The zero-order chi connectivity index (χ0) is 17.8. The molecule has 0 aromatic carbocycles. The van der Waals surface area contributed by atoms with Crippen molar-refractivity contribution < 1.29 is 13.9 Å². The van der Waals surface area contributed by atoms with Crippen molar-refractivity contribution in [3.8, 4) is 0 Å². The van der Waals surface area contributed by atoms with Crippen molar-refractivity contribution in [1.29, 1.82) is 0 Å². The minimum absolute atomic E-state index is 0.00276. The lowest BCUT2D eigenvalue weighted by molar-refractivity contribution is -0.152. The van der Waals surface area contributed by atoms with Gasteiger partial charge in [0.25, 0.3) is 0 Å². The second-order valence-electron chi connectivity index (χ2n) is 8.54. The molecule has 138 valence electrons. The van der Waals surface area contributed by atoms with E-state index in [0.717, 1.165) is 0 Å². The van der Waals surface area contributed by atoms with Gasteiger partial charge in [-0.05, 0) is 56.8 Å². The summed E-state index contributed by atoms with van der Waals surface area (Å²) in [6.45, 7) is 14.1. The standard InChI is InChI=1S/C20H36O3Si/c1-7-21-19-14-13-17(23-24(5,6)20(2,3)4)18(22-19)15-16-11-9-8-10-12-16/h13-15,17-19H,7-12H2,1-6H3/t17-,18+,19-/m0/s1. The summed E-state index contributed by atoms with van der Waals surface area (Å²) < 4.78 is 18.5. The van der Waals surface area contributed by atoms with Gasteiger partial charge in [0.05, 0.1) is 6.10 Å². The highest BCUT2D eigenvalue weighted by Gasteiger charge is 2.41. The molecule has 2 rings (SSSR count). The first-order valence-electron chi connectivity index (χ1n) is 9.56. The zero-order valence-electron chi connectivity index (χ0n) is 16.4. The van der Waals surface area contributed by atoms with E-state index in [2.05, 4.69) is 46.0 Å². The zero-order valence-corrected chi connectivity index (χ0v) is 17.4. The lowest BCUT2D eigenvalue weighted by Crippen LogP contribution is -2.48. The highest BCUT2D eigenvalue weighted by atomic mass is 28.4. The fourth-order valence-electron chi connectivity index (χ4n) is 3.01. The van der Waals surface area contributed by atoms with E-state index in [1.807, 2.05) is 13.0 Å². The summed E-state index contributed by atoms with van der Waals surface area (Å²) in [6, 6.07) is 0. The molecular weight excluding hydrogens is 316 g/mol. The Morgan fingerprint density at radius 3 is 2.42 bits per heavy atom.